The molecule has 0 N–H and O–H groups in total. The van der Waals surface area contributed by atoms with E-state index in [9.17, 15) is 8.42 Å². The molecule has 0 spiro atoms. The maximum Gasteiger partial charge on any atom is 1.00 e. The van der Waals surface area contributed by atoms with Gasteiger partial charge < -0.3 is 13.2 Å². The van der Waals surface area contributed by atoms with Crippen molar-refractivity contribution in [3.63, 3.8) is 0 Å². The maximum atomic E-state index is 11.1. The Kier molecular flexibility index (Phi) is 5.23. The Bertz CT molecular complexity index is 665. The summed E-state index contributed by atoms with van der Waals surface area (Å²) in [6.07, 6.45) is 0. The minimum Gasteiger partial charge on any atom is -0.496 e. The first-order chi connectivity index (χ1) is 8.04. The second-order valence-corrected chi connectivity index (χ2v) is 5.24. The summed E-state index contributed by atoms with van der Waals surface area (Å²) in [4.78, 5) is 4.42. The van der Waals surface area contributed by atoms with Gasteiger partial charge in [0, 0.05) is 15.6 Å². The van der Waals surface area contributed by atoms with Crippen LogP contribution in [0, 0.1) is 6.92 Å². The molecule has 0 fully saturated rings. The van der Waals surface area contributed by atoms with E-state index in [4.69, 9.17) is 4.74 Å². The molecule has 0 bridgehead atoms. The Morgan fingerprint density at radius 1 is 1.33 bits per heavy atom. The first-order valence-electron chi connectivity index (χ1n) is 4.77. The smallest absolute Gasteiger partial charge is 0.496 e. The fourth-order valence-electron chi connectivity index (χ4n) is 1.62. The molecule has 0 aliphatic carbocycles. The monoisotopic (exact) mass is 321 g/mol. The summed E-state index contributed by atoms with van der Waals surface area (Å²) in [5.74, 6) is 0.278. The Morgan fingerprint density at radius 3 is 2.56 bits per heavy atom. The number of methoxy groups -OCH3 is 1. The van der Waals surface area contributed by atoms with Crippen molar-refractivity contribution in [2.45, 2.75) is 11.8 Å². The SMILES string of the molecule is COc1c([S-](=O)=O)cc(Br)c2ccc(C)nc12.[Li+]. The molecule has 0 saturated heterocycles. The molecule has 2 aromatic rings. The van der Waals surface area contributed by atoms with Crippen molar-refractivity contribution < 1.29 is 32.0 Å². The number of fused-ring (bicyclic) bond motifs is 1. The van der Waals surface area contributed by atoms with E-state index >= 15 is 0 Å². The van der Waals surface area contributed by atoms with Gasteiger partial charge in [0.15, 0.2) is 0 Å². The number of halogens is 1. The average Bonchev–Trinajstić information content (AvgIpc) is 2.28. The van der Waals surface area contributed by atoms with Crippen LogP contribution in [0.15, 0.2) is 27.6 Å². The van der Waals surface area contributed by atoms with Crippen LogP contribution in [0.2, 0.25) is 0 Å². The summed E-state index contributed by atoms with van der Waals surface area (Å²) in [5, 5.41) is 0.821. The number of hydrogen-bond acceptors (Lipinski definition) is 5. The number of hydrogen-bond donors (Lipinski definition) is 0. The van der Waals surface area contributed by atoms with Gasteiger partial charge >= 0.3 is 18.9 Å². The first-order valence-corrected chi connectivity index (χ1v) is 6.64. The molecule has 0 radical (unpaired) electrons. The van der Waals surface area contributed by atoms with Gasteiger partial charge in [-0.25, -0.2) is 4.98 Å². The van der Waals surface area contributed by atoms with Crippen molar-refractivity contribution in [1.82, 2.24) is 4.98 Å². The van der Waals surface area contributed by atoms with Crippen LogP contribution in [0.3, 0.4) is 0 Å². The number of aromatic nitrogens is 1. The van der Waals surface area contributed by atoms with Gasteiger partial charge in [-0.15, -0.1) is 0 Å². The van der Waals surface area contributed by atoms with E-state index in [2.05, 4.69) is 20.9 Å². The maximum absolute atomic E-state index is 11.1. The molecule has 7 heteroatoms. The van der Waals surface area contributed by atoms with Gasteiger partial charge in [0.1, 0.15) is 11.3 Å². The van der Waals surface area contributed by atoms with Gasteiger partial charge in [-0.1, -0.05) is 22.0 Å². The van der Waals surface area contributed by atoms with Crippen LogP contribution >= 0.6 is 15.9 Å². The third-order valence-corrected chi connectivity index (χ3v) is 3.69. The predicted molar refractivity (Wildman–Crippen MR) is 67.7 cm³/mol. The molecule has 0 saturated carbocycles. The largest absolute Gasteiger partial charge is 1.00 e. The molecule has 90 valence electrons. The van der Waals surface area contributed by atoms with Crippen molar-refractivity contribution in [2.75, 3.05) is 7.11 Å². The molecule has 0 aliphatic rings. The molecule has 4 nitrogen and oxygen atoms in total. The van der Waals surface area contributed by atoms with Crippen molar-refractivity contribution in [1.29, 1.82) is 0 Å². The summed E-state index contributed by atoms with van der Waals surface area (Å²) >= 11 is 3.34. The van der Waals surface area contributed by atoms with Crippen LogP contribution in [0.1, 0.15) is 5.69 Å². The summed E-state index contributed by atoms with van der Waals surface area (Å²) in [5.41, 5.74) is 1.35. The summed E-state index contributed by atoms with van der Waals surface area (Å²) in [6.45, 7) is 1.84. The van der Waals surface area contributed by atoms with E-state index in [0.717, 1.165) is 11.1 Å². The summed E-state index contributed by atoms with van der Waals surface area (Å²) in [7, 11) is -0.925. The number of pyridine rings is 1. The quantitative estimate of drug-likeness (QED) is 0.576. The molecule has 0 atom stereocenters. The Hall–Kier alpha value is -0.543. The second-order valence-electron chi connectivity index (χ2n) is 3.47. The number of nitrogens with zero attached hydrogens (tertiary/aromatic N) is 1. The van der Waals surface area contributed by atoms with E-state index in [1.165, 1.54) is 13.2 Å². The van der Waals surface area contributed by atoms with E-state index in [1.54, 1.807) is 0 Å². The molecule has 1 aromatic heterocycles. The zero-order chi connectivity index (χ0) is 12.6. The van der Waals surface area contributed by atoms with Gasteiger partial charge in [0.25, 0.3) is 0 Å². The van der Waals surface area contributed by atoms with Crippen molar-refractivity contribution in [3.05, 3.63) is 28.4 Å². The average molecular weight is 322 g/mol. The van der Waals surface area contributed by atoms with Crippen LogP contribution in [0.25, 0.3) is 10.9 Å². The molecule has 1 aromatic carbocycles. The van der Waals surface area contributed by atoms with E-state index in [-0.39, 0.29) is 29.5 Å². The molecule has 0 unspecified atom stereocenters. The van der Waals surface area contributed by atoms with Crippen molar-refractivity contribution in [2.24, 2.45) is 0 Å². The van der Waals surface area contributed by atoms with Gasteiger partial charge in [-0.3, -0.25) is 0 Å². The minimum absolute atomic E-state index is 0. The van der Waals surface area contributed by atoms with Crippen LogP contribution < -0.4 is 23.6 Å². The number of rotatable bonds is 2. The topological polar surface area (TPSA) is 56.3 Å². The third kappa shape index (κ3) is 2.72. The normalized spacial score (nSPS) is 10.4. The summed E-state index contributed by atoms with van der Waals surface area (Å²) in [6, 6.07) is 5.25. The van der Waals surface area contributed by atoms with Crippen LogP contribution in [0.5, 0.6) is 5.75 Å². The zero-order valence-electron chi connectivity index (χ0n) is 10.2. The predicted octanol–water partition coefficient (Wildman–Crippen LogP) is -0.0135. The van der Waals surface area contributed by atoms with Crippen molar-refractivity contribution >= 4 is 37.5 Å². The van der Waals surface area contributed by atoms with Crippen LogP contribution in [-0.2, 0) is 19.1 Å². The third-order valence-electron chi connectivity index (χ3n) is 2.37. The van der Waals surface area contributed by atoms with Gasteiger partial charge in [0.05, 0.1) is 7.11 Å². The molecular weight excluding hydrogens is 313 g/mol. The molecule has 1 heterocycles. The minimum atomic E-state index is -2.36. The zero-order valence-corrected chi connectivity index (χ0v) is 12.6. The number of ether oxygens (including phenoxy) is 1. The summed E-state index contributed by atoms with van der Waals surface area (Å²) < 4.78 is 28.1. The van der Waals surface area contributed by atoms with Crippen molar-refractivity contribution in [3.8, 4) is 5.75 Å². The van der Waals surface area contributed by atoms with Crippen LogP contribution in [-0.4, -0.2) is 12.1 Å². The Labute approximate surface area is 127 Å². The Morgan fingerprint density at radius 2 is 2.00 bits per heavy atom. The van der Waals surface area contributed by atoms with E-state index in [1.807, 2.05) is 19.1 Å². The van der Waals surface area contributed by atoms with E-state index < -0.39 is 10.7 Å². The van der Waals surface area contributed by atoms with Gasteiger partial charge in [-0.2, -0.15) is 0 Å². The molecule has 0 aliphatic heterocycles. The number of aryl methyl sites for hydroxylation is 1. The number of benzene rings is 1. The molecular formula is C11H9BrLiNO3S. The van der Waals surface area contributed by atoms with Crippen LogP contribution in [0.4, 0.5) is 0 Å². The van der Waals surface area contributed by atoms with Gasteiger partial charge in [0.2, 0.25) is 0 Å². The van der Waals surface area contributed by atoms with E-state index in [0.29, 0.717) is 9.99 Å². The first kappa shape index (κ1) is 15.5. The molecule has 2 rings (SSSR count). The molecule has 18 heavy (non-hydrogen) atoms. The Balaban J connectivity index is 0.00000162. The molecule has 0 amide bonds. The fraction of sp³-hybridized carbons (Fsp3) is 0.182. The standard InChI is InChI=1S/C11H9BrNO3S.Li/c1-6-3-4-7-8(12)5-9(17(14)15)11(16-2)10(7)13-6;/h3-5H,1-2H3;/q-1;+1. The van der Waals surface area contributed by atoms with Gasteiger partial charge in [-0.05, 0) is 34.7 Å². The fourth-order valence-corrected chi connectivity index (χ4v) is 2.86. The second kappa shape index (κ2) is 6.07.